The van der Waals surface area contributed by atoms with Gasteiger partial charge in [0, 0.05) is 0 Å². The van der Waals surface area contributed by atoms with Gasteiger partial charge in [-0.05, 0) is 24.3 Å². The van der Waals surface area contributed by atoms with Crippen molar-refractivity contribution in [2.24, 2.45) is 0 Å². The third-order valence-corrected chi connectivity index (χ3v) is 2.99. The summed E-state index contributed by atoms with van der Waals surface area (Å²) in [4.78, 5) is 15.9. The first-order chi connectivity index (χ1) is 10.7. The maximum atomic E-state index is 13.5. The molecule has 0 N–H and O–H groups in total. The van der Waals surface area contributed by atoms with E-state index in [1.807, 2.05) is 0 Å². The zero-order valence-corrected chi connectivity index (χ0v) is 11.7. The number of hydrogen-bond donors (Lipinski definition) is 0. The van der Waals surface area contributed by atoms with Gasteiger partial charge in [-0.1, -0.05) is 18.2 Å². The summed E-state index contributed by atoms with van der Waals surface area (Å²) >= 11 is 0. The molecule has 3 rings (SSSR count). The van der Waals surface area contributed by atoms with Crippen molar-refractivity contribution in [1.29, 1.82) is 0 Å². The molecule has 0 saturated carbocycles. The van der Waals surface area contributed by atoms with Gasteiger partial charge in [0.05, 0.1) is 7.11 Å². The minimum atomic E-state index is -0.517. The molecule has 0 spiro atoms. The van der Waals surface area contributed by atoms with Gasteiger partial charge < -0.3 is 9.47 Å². The van der Waals surface area contributed by atoms with Crippen LogP contribution in [0.4, 0.5) is 4.39 Å². The lowest BCUT2D eigenvalue weighted by Gasteiger charge is -2.03. The molecule has 0 aliphatic heterocycles. The van der Waals surface area contributed by atoms with E-state index < -0.39 is 11.8 Å². The van der Waals surface area contributed by atoms with E-state index in [0.29, 0.717) is 11.5 Å². The van der Waals surface area contributed by atoms with Crippen LogP contribution in [0.3, 0.4) is 0 Å². The molecule has 112 valence electrons. The second-order valence-electron chi connectivity index (χ2n) is 4.42. The Labute approximate surface area is 125 Å². The number of esters is 1. The molecule has 0 radical (unpaired) electrons. The van der Waals surface area contributed by atoms with Crippen molar-refractivity contribution in [3.8, 4) is 5.75 Å². The van der Waals surface area contributed by atoms with Gasteiger partial charge in [0.25, 0.3) is 0 Å². The Balaban J connectivity index is 1.86. The summed E-state index contributed by atoms with van der Waals surface area (Å²) in [5.41, 5.74) is 0.736. The largest absolute Gasteiger partial charge is 0.482 e. The molecule has 1 aromatic carbocycles. The predicted octanol–water partition coefficient (Wildman–Crippen LogP) is 2.23. The number of hydrogen-bond acceptors (Lipinski definition) is 5. The van der Waals surface area contributed by atoms with Crippen molar-refractivity contribution in [1.82, 2.24) is 14.6 Å². The Hall–Kier alpha value is -2.96. The molecule has 2 heterocycles. The summed E-state index contributed by atoms with van der Waals surface area (Å²) in [5, 5.41) is 4.18. The molecule has 0 unspecified atom stereocenters. The molecule has 2 aromatic heterocycles. The fourth-order valence-electron chi connectivity index (χ4n) is 1.97. The van der Waals surface area contributed by atoms with Crippen LogP contribution in [0.5, 0.6) is 5.75 Å². The van der Waals surface area contributed by atoms with E-state index in [0.717, 1.165) is 0 Å². The highest BCUT2D eigenvalue weighted by atomic mass is 19.1. The number of rotatable bonds is 4. The highest BCUT2D eigenvalue weighted by molar-refractivity contribution is 5.88. The Morgan fingerprint density at radius 3 is 2.82 bits per heavy atom. The first-order valence-electron chi connectivity index (χ1n) is 6.49. The third-order valence-electron chi connectivity index (χ3n) is 2.99. The number of halogens is 1. The first-order valence-corrected chi connectivity index (χ1v) is 6.49. The van der Waals surface area contributed by atoms with E-state index in [9.17, 15) is 9.18 Å². The number of methoxy groups -OCH3 is 1. The van der Waals surface area contributed by atoms with Crippen LogP contribution in [0.25, 0.3) is 5.65 Å². The summed E-state index contributed by atoms with van der Waals surface area (Å²) in [6, 6.07) is 11.0. The Morgan fingerprint density at radius 2 is 2.05 bits per heavy atom. The summed E-state index contributed by atoms with van der Waals surface area (Å²) in [5.74, 6) is -0.521. The van der Waals surface area contributed by atoms with Crippen LogP contribution in [-0.4, -0.2) is 27.7 Å². The maximum absolute atomic E-state index is 13.5. The number of fused-ring (bicyclic) bond motifs is 1. The van der Waals surface area contributed by atoms with E-state index in [2.05, 4.69) is 10.1 Å². The van der Waals surface area contributed by atoms with E-state index in [4.69, 9.17) is 9.47 Å². The fraction of sp³-hybridized carbons (Fsp3) is 0.133. The third kappa shape index (κ3) is 2.60. The Morgan fingerprint density at radius 1 is 1.23 bits per heavy atom. The minimum absolute atomic E-state index is 0.0107. The van der Waals surface area contributed by atoms with Crippen molar-refractivity contribution in [2.45, 2.75) is 6.61 Å². The van der Waals surface area contributed by atoms with Crippen molar-refractivity contribution >= 4 is 11.6 Å². The van der Waals surface area contributed by atoms with E-state index in [1.54, 1.807) is 30.3 Å². The highest BCUT2D eigenvalue weighted by Crippen LogP contribution is 2.16. The summed E-state index contributed by atoms with van der Waals surface area (Å²) < 4.78 is 24.9. The van der Waals surface area contributed by atoms with Gasteiger partial charge in [-0.15, -0.1) is 5.10 Å². The van der Waals surface area contributed by atoms with Gasteiger partial charge in [-0.2, -0.15) is 0 Å². The molecule has 0 saturated heterocycles. The van der Waals surface area contributed by atoms with Gasteiger partial charge in [-0.3, -0.25) is 0 Å². The quantitative estimate of drug-likeness (QED) is 0.691. The number of carbonyl (C=O) groups excluding carboxylic acids is 1. The molecule has 0 aliphatic rings. The van der Waals surface area contributed by atoms with Crippen LogP contribution < -0.4 is 4.74 Å². The van der Waals surface area contributed by atoms with Gasteiger partial charge in [0.2, 0.25) is 0 Å². The van der Waals surface area contributed by atoms with Crippen LogP contribution in [0.1, 0.15) is 16.3 Å². The Bertz CT molecular complexity index is 832. The van der Waals surface area contributed by atoms with E-state index in [1.165, 1.54) is 23.8 Å². The second-order valence-corrected chi connectivity index (χ2v) is 4.42. The van der Waals surface area contributed by atoms with Crippen molar-refractivity contribution in [3.05, 3.63) is 59.8 Å². The van der Waals surface area contributed by atoms with Crippen LogP contribution in [-0.2, 0) is 11.3 Å². The lowest BCUT2D eigenvalue weighted by molar-refractivity contribution is 0.0590. The first kappa shape index (κ1) is 14.0. The molecule has 0 aliphatic carbocycles. The number of aromatic nitrogens is 3. The molecule has 7 heteroatoms. The minimum Gasteiger partial charge on any atom is -0.482 e. The average Bonchev–Trinajstić information content (AvgIpc) is 2.96. The van der Waals surface area contributed by atoms with Crippen molar-refractivity contribution < 1.29 is 18.7 Å². The normalized spacial score (nSPS) is 10.6. The second kappa shape index (κ2) is 5.80. The van der Waals surface area contributed by atoms with Crippen LogP contribution in [0, 0.1) is 5.82 Å². The van der Waals surface area contributed by atoms with Gasteiger partial charge in [0.1, 0.15) is 6.61 Å². The van der Waals surface area contributed by atoms with E-state index in [-0.39, 0.29) is 18.1 Å². The zero-order valence-electron chi connectivity index (χ0n) is 11.7. The lowest BCUT2D eigenvalue weighted by atomic mass is 10.3. The molecular weight excluding hydrogens is 289 g/mol. The van der Waals surface area contributed by atoms with Crippen LogP contribution in [0.15, 0.2) is 42.5 Å². The summed E-state index contributed by atoms with van der Waals surface area (Å²) in [6.07, 6.45) is 0. The molecule has 0 atom stereocenters. The number of benzene rings is 1. The number of carbonyl (C=O) groups is 1. The van der Waals surface area contributed by atoms with Gasteiger partial charge in [-0.25, -0.2) is 18.7 Å². The molecule has 6 nitrogen and oxygen atoms in total. The maximum Gasteiger partial charge on any atom is 0.356 e. The number of ether oxygens (including phenoxy) is 2. The summed E-state index contributed by atoms with van der Waals surface area (Å²) in [6.45, 7) is -0.0107. The predicted molar refractivity (Wildman–Crippen MR) is 75.1 cm³/mol. The monoisotopic (exact) mass is 301 g/mol. The SMILES string of the molecule is COC(=O)c1cccc2nc(COc3ccccc3F)nn12. The van der Waals surface area contributed by atoms with Crippen LogP contribution >= 0.6 is 0 Å². The molecule has 22 heavy (non-hydrogen) atoms. The van der Waals surface area contributed by atoms with Gasteiger partial charge in [0.15, 0.2) is 28.7 Å². The molecule has 3 aromatic rings. The van der Waals surface area contributed by atoms with Crippen molar-refractivity contribution in [2.75, 3.05) is 7.11 Å². The number of para-hydroxylation sites is 1. The smallest absolute Gasteiger partial charge is 0.356 e. The molecule has 0 fully saturated rings. The Kier molecular flexibility index (Phi) is 3.69. The van der Waals surface area contributed by atoms with Gasteiger partial charge >= 0.3 is 5.97 Å². The summed E-state index contributed by atoms with van der Waals surface area (Å²) in [7, 11) is 1.29. The lowest BCUT2D eigenvalue weighted by Crippen LogP contribution is -2.09. The number of nitrogens with zero attached hydrogens (tertiary/aromatic N) is 3. The fourth-order valence-corrected chi connectivity index (χ4v) is 1.97. The molecule has 0 amide bonds. The molecule has 0 bridgehead atoms. The zero-order chi connectivity index (χ0) is 15.5. The molecular formula is C15H12FN3O3. The average molecular weight is 301 g/mol. The standard InChI is InChI=1S/C15H12FN3O3/c1-21-15(20)11-6-4-8-14-17-13(18-19(11)14)9-22-12-7-3-2-5-10(12)16/h2-8H,9H2,1H3. The van der Waals surface area contributed by atoms with Crippen LogP contribution in [0.2, 0.25) is 0 Å². The highest BCUT2D eigenvalue weighted by Gasteiger charge is 2.14. The van der Waals surface area contributed by atoms with Crippen molar-refractivity contribution in [3.63, 3.8) is 0 Å². The number of pyridine rings is 1. The topological polar surface area (TPSA) is 65.7 Å². The van der Waals surface area contributed by atoms with E-state index >= 15 is 0 Å².